The predicted octanol–water partition coefficient (Wildman–Crippen LogP) is 7.55. The molecule has 0 aromatic heterocycles. The Kier molecular flexibility index (Phi) is 6.14. The third-order valence-corrected chi connectivity index (χ3v) is 8.56. The predicted molar refractivity (Wildman–Crippen MR) is 105 cm³/mol. The molecule has 2 aliphatic carbocycles. The maximum Gasteiger partial charge on any atom is 0.161 e. The summed E-state index contributed by atoms with van der Waals surface area (Å²) >= 11 is 6.53. The standard InChI is InChI=1S/C11H19ClSi.C9H14/c1-7-8(2)10(4)11(9(7)3)13(5,6)12;1-6-5-7(2)9(4)8(6)3/h11H,1-6H3;5H2,1-4H3. The maximum absolute atomic E-state index is 6.53. The van der Waals surface area contributed by atoms with Crippen LogP contribution >= 0.6 is 11.1 Å². The second-order valence-electron chi connectivity index (χ2n) is 7.60. The SMILES string of the molecule is CC1=C(C)C(C)=C(C)C1.CC1=C(C)C([Si](C)(C)Cl)C(C)=C1C. The molecule has 2 aliphatic rings. The molecule has 0 aromatic rings. The van der Waals surface area contributed by atoms with Gasteiger partial charge in [0.1, 0.15) is 0 Å². The van der Waals surface area contributed by atoms with Crippen LogP contribution in [-0.2, 0) is 0 Å². The Hall–Kier alpha value is -0.533. The van der Waals surface area contributed by atoms with Gasteiger partial charge in [0.05, 0.1) is 0 Å². The van der Waals surface area contributed by atoms with Gasteiger partial charge in [0.15, 0.2) is 7.38 Å². The van der Waals surface area contributed by atoms with Gasteiger partial charge in [-0.15, -0.1) is 0 Å². The average Bonchev–Trinajstić information content (AvgIpc) is 2.73. The van der Waals surface area contributed by atoms with Gasteiger partial charge in [0, 0.05) is 5.54 Å². The van der Waals surface area contributed by atoms with Crippen molar-refractivity contribution in [2.24, 2.45) is 0 Å². The van der Waals surface area contributed by atoms with Crippen molar-refractivity contribution < 1.29 is 0 Å². The Balaban J connectivity index is 0.000000235. The van der Waals surface area contributed by atoms with E-state index in [0.29, 0.717) is 5.54 Å². The Morgan fingerprint density at radius 1 is 0.682 bits per heavy atom. The summed E-state index contributed by atoms with van der Waals surface area (Å²) in [5, 5.41) is 0. The molecular formula is C20H33ClSi. The van der Waals surface area contributed by atoms with E-state index in [0.717, 1.165) is 0 Å². The molecule has 2 rings (SSSR count). The summed E-state index contributed by atoms with van der Waals surface area (Å²) in [5.74, 6) is 0. The largest absolute Gasteiger partial charge is 0.167 e. The van der Waals surface area contributed by atoms with E-state index in [1.165, 1.54) is 39.9 Å². The van der Waals surface area contributed by atoms with Gasteiger partial charge in [0.25, 0.3) is 0 Å². The molecular weight excluding hydrogens is 304 g/mol. The van der Waals surface area contributed by atoms with Crippen LogP contribution in [0.5, 0.6) is 0 Å². The van der Waals surface area contributed by atoms with Crippen LogP contribution in [0, 0.1) is 0 Å². The molecule has 0 fully saturated rings. The van der Waals surface area contributed by atoms with Gasteiger partial charge in [-0.3, -0.25) is 0 Å². The fraction of sp³-hybridized carbons (Fsp3) is 0.600. The van der Waals surface area contributed by atoms with E-state index in [4.69, 9.17) is 11.1 Å². The van der Waals surface area contributed by atoms with Crippen molar-refractivity contribution in [3.8, 4) is 0 Å². The number of halogens is 1. The van der Waals surface area contributed by atoms with E-state index in [9.17, 15) is 0 Å². The van der Waals surface area contributed by atoms with Crippen LogP contribution in [0.3, 0.4) is 0 Å². The molecule has 0 amide bonds. The number of hydrogen-bond acceptors (Lipinski definition) is 0. The van der Waals surface area contributed by atoms with Crippen molar-refractivity contribution in [2.75, 3.05) is 0 Å². The summed E-state index contributed by atoms with van der Waals surface area (Å²) in [6.45, 7) is 22.2. The maximum atomic E-state index is 6.53. The van der Waals surface area contributed by atoms with Crippen LogP contribution < -0.4 is 0 Å². The van der Waals surface area contributed by atoms with Gasteiger partial charge in [0.2, 0.25) is 0 Å². The second kappa shape index (κ2) is 6.92. The average molecular weight is 337 g/mol. The van der Waals surface area contributed by atoms with E-state index in [1.54, 1.807) is 11.1 Å². The highest BCUT2D eigenvalue weighted by Gasteiger charge is 2.37. The first-order valence-electron chi connectivity index (χ1n) is 8.26. The molecule has 0 bridgehead atoms. The third-order valence-electron chi connectivity index (χ3n) is 5.67. The van der Waals surface area contributed by atoms with Crippen LogP contribution in [0.4, 0.5) is 0 Å². The van der Waals surface area contributed by atoms with Gasteiger partial charge in [-0.1, -0.05) is 35.4 Å². The van der Waals surface area contributed by atoms with Gasteiger partial charge >= 0.3 is 0 Å². The normalized spacial score (nSPS) is 20.3. The van der Waals surface area contributed by atoms with Crippen LogP contribution in [-0.4, -0.2) is 7.38 Å². The van der Waals surface area contributed by atoms with Crippen molar-refractivity contribution >= 4 is 18.5 Å². The Morgan fingerprint density at radius 3 is 1.14 bits per heavy atom. The number of rotatable bonds is 1. The lowest BCUT2D eigenvalue weighted by atomic mass is 10.1. The monoisotopic (exact) mass is 336 g/mol. The molecule has 0 heterocycles. The lowest BCUT2D eigenvalue weighted by Gasteiger charge is -2.25. The fourth-order valence-electron chi connectivity index (χ4n) is 3.68. The van der Waals surface area contributed by atoms with Gasteiger partial charge in [-0.2, -0.15) is 11.1 Å². The highest BCUT2D eigenvalue weighted by molar-refractivity contribution is 7.20. The summed E-state index contributed by atoms with van der Waals surface area (Å²) in [6, 6.07) is 0. The van der Waals surface area contributed by atoms with Crippen molar-refractivity contribution in [1.82, 2.24) is 0 Å². The molecule has 0 saturated heterocycles. The summed E-state index contributed by atoms with van der Waals surface area (Å²) < 4.78 is 0. The van der Waals surface area contributed by atoms with Crippen molar-refractivity contribution in [2.45, 2.75) is 80.4 Å². The lowest BCUT2D eigenvalue weighted by Crippen LogP contribution is -2.25. The molecule has 0 aromatic carbocycles. The Bertz CT molecular complexity index is 546. The minimum absolute atomic E-state index is 0.564. The summed E-state index contributed by atoms with van der Waals surface area (Å²) in [5.41, 5.74) is 12.6. The molecule has 0 saturated carbocycles. The van der Waals surface area contributed by atoms with Crippen LogP contribution in [0.15, 0.2) is 44.6 Å². The van der Waals surface area contributed by atoms with E-state index in [1.807, 2.05) is 0 Å². The molecule has 0 aliphatic heterocycles. The summed E-state index contributed by atoms with van der Waals surface area (Å²) in [7, 11) is -1.58. The van der Waals surface area contributed by atoms with Crippen LogP contribution in [0.1, 0.15) is 61.8 Å². The summed E-state index contributed by atoms with van der Waals surface area (Å²) in [6.07, 6.45) is 1.21. The minimum atomic E-state index is -1.58. The van der Waals surface area contributed by atoms with Gasteiger partial charge in [-0.05, 0) is 84.1 Å². The summed E-state index contributed by atoms with van der Waals surface area (Å²) in [4.78, 5) is 0. The highest BCUT2D eigenvalue weighted by atomic mass is 35.6. The first kappa shape index (κ1) is 19.5. The van der Waals surface area contributed by atoms with Gasteiger partial charge in [-0.25, -0.2) is 0 Å². The molecule has 0 N–H and O–H groups in total. The Labute approximate surface area is 143 Å². The molecule has 0 nitrogen and oxygen atoms in total. The Morgan fingerprint density at radius 2 is 1.00 bits per heavy atom. The fourth-order valence-corrected chi connectivity index (χ4v) is 7.16. The molecule has 0 radical (unpaired) electrons. The van der Waals surface area contributed by atoms with Crippen molar-refractivity contribution in [3.63, 3.8) is 0 Å². The zero-order valence-corrected chi connectivity index (χ0v) is 17.9. The second-order valence-corrected chi connectivity index (χ2v) is 14.2. The van der Waals surface area contributed by atoms with E-state index in [2.05, 4.69) is 68.5 Å². The van der Waals surface area contributed by atoms with Gasteiger partial charge < -0.3 is 0 Å². The lowest BCUT2D eigenvalue weighted by molar-refractivity contribution is 1.09. The van der Waals surface area contributed by atoms with Crippen molar-refractivity contribution in [1.29, 1.82) is 0 Å². The van der Waals surface area contributed by atoms with Crippen LogP contribution in [0.2, 0.25) is 18.6 Å². The minimum Gasteiger partial charge on any atom is -0.167 e. The van der Waals surface area contributed by atoms with E-state index >= 15 is 0 Å². The highest BCUT2D eigenvalue weighted by Crippen LogP contribution is 2.47. The zero-order chi connectivity index (χ0) is 17.4. The molecule has 2 heteroatoms. The number of hydrogen-bond donors (Lipinski definition) is 0. The quantitative estimate of drug-likeness (QED) is 0.342. The first-order valence-corrected chi connectivity index (χ1v) is 12.4. The van der Waals surface area contributed by atoms with Crippen molar-refractivity contribution in [3.05, 3.63) is 44.6 Å². The molecule has 22 heavy (non-hydrogen) atoms. The molecule has 0 atom stereocenters. The van der Waals surface area contributed by atoms with E-state index in [-0.39, 0.29) is 0 Å². The first-order chi connectivity index (χ1) is 9.89. The third kappa shape index (κ3) is 3.86. The van der Waals surface area contributed by atoms with E-state index < -0.39 is 7.38 Å². The molecule has 0 unspecified atom stereocenters. The zero-order valence-electron chi connectivity index (χ0n) is 16.2. The topological polar surface area (TPSA) is 0 Å². The molecule has 0 spiro atoms. The van der Waals surface area contributed by atoms with Crippen LogP contribution in [0.25, 0.3) is 0 Å². The number of allylic oxidation sites excluding steroid dienone is 8. The molecule has 124 valence electrons. The smallest absolute Gasteiger partial charge is 0.161 e.